The molecule has 2 fully saturated rings. The number of hydrogen-bond acceptors (Lipinski definition) is 0. The molecule has 4 heteroatoms. The normalized spacial score (nSPS) is 37.6. The summed E-state index contributed by atoms with van der Waals surface area (Å²) in [5.41, 5.74) is 2.05. The van der Waals surface area contributed by atoms with Crippen LogP contribution in [0.3, 0.4) is 0 Å². The fourth-order valence-electron chi connectivity index (χ4n) is 7.11. The largest absolute Gasteiger partial charge is 4.00 e. The quantitative estimate of drug-likeness (QED) is 0.195. The van der Waals surface area contributed by atoms with Crippen molar-refractivity contribution in [2.24, 2.45) is 47.3 Å². The molecule has 2 aliphatic carbocycles. The van der Waals surface area contributed by atoms with Crippen LogP contribution in [0.2, 0.25) is 63.5 Å². The van der Waals surface area contributed by atoms with E-state index in [1.165, 1.54) is 0 Å². The van der Waals surface area contributed by atoms with Gasteiger partial charge in [-0.1, -0.05) is 108 Å². The van der Waals surface area contributed by atoms with E-state index in [0.717, 1.165) is 58.4 Å². The number of hydrogen-bond donors (Lipinski definition) is 0. The fourth-order valence-corrected chi connectivity index (χ4v) is 14.2. The molecular weight excluding hydrogens is 677 g/mol. The van der Waals surface area contributed by atoms with Crippen LogP contribution in [0.5, 0.6) is 0 Å². The summed E-state index contributed by atoms with van der Waals surface area (Å²) in [6, 6.07) is 0. The standard InChI is InChI=1S/C20H40Si.2C4H11Si.2CH3.Th/c1-11-12(2)16(6)19(15(11)5)21(9,10)20-17(7)13(3)14(4)18(20)8;2*1-5(2,3)4;;;/h11-20H,1-10H3;2*1H2,2-4H3;2*1H3;/q;4*-1;+4. The molecule has 0 spiro atoms. The van der Waals surface area contributed by atoms with E-state index < -0.39 is 24.2 Å². The van der Waals surface area contributed by atoms with Crippen LogP contribution in [0.15, 0.2) is 0 Å². The van der Waals surface area contributed by atoms with Gasteiger partial charge in [0.25, 0.3) is 0 Å². The Kier molecular flexibility index (Phi) is 20.5. The van der Waals surface area contributed by atoms with Gasteiger partial charge >= 0.3 is 39.9 Å². The summed E-state index contributed by atoms with van der Waals surface area (Å²) in [6.07, 6.45) is 0. The zero-order valence-corrected chi connectivity index (χ0v) is 34.3. The summed E-state index contributed by atoms with van der Waals surface area (Å²) >= 11 is 0. The van der Waals surface area contributed by atoms with Crippen LogP contribution in [0.1, 0.15) is 55.4 Å². The Balaban J connectivity index is -0.000000295. The van der Waals surface area contributed by atoms with Gasteiger partial charge in [0.2, 0.25) is 0 Å². The van der Waals surface area contributed by atoms with Gasteiger partial charge in [-0.2, -0.15) is 0 Å². The van der Waals surface area contributed by atoms with Crippen molar-refractivity contribution < 1.29 is 39.9 Å². The minimum Gasteiger partial charge on any atom is -0.358 e. The van der Waals surface area contributed by atoms with Gasteiger partial charge in [-0.3, -0.25) is 0 Å². The van der Waals surface area contributed by atoms with Crippen molar-refractivity contribution >= 4 is 24.2 Å². The van der Waals surface area contributed by atoms with Crippen molar-refractivity contribution in [1.29, 1.82) is 0 Å². The van der Waals surface area contributed by atoms with Gasteiger partial charge in [-0.05, 0) is 58.4 Å². The van der Waals surface area contributed by atoms with Gasteiger partial charge < -0.3 is 27.9 Å². The molecule has 34 heavy (non-hydrogen) atoms. The second-order valence-corrected chi connectivity index (χ2v) is 30.1. The molecule has 0 N–H and O–H groups in total. The maximum Gasteiger partial charge on any atom is 4.00 e. The van der Waals surface area contributed by atoms with Crippen LogP contribution in [-0.4, -0.2) is 24.2 Å². The van der Waals surface area contributed by atoms with E-state index in [0.29, 0.717) is 0 Å². The third kappa shape index (κ3) is 12.7. The van der Waals surface area contributed by atoms with Gasteiger partial charge in [-0.15, -0.1) is 16.1 Å². The van der Waals surface area contributed by atoms with Gasteiger partial charge in [0, 0.05) is 0 Å². The summed E-state index contributed by atoms with van der Waals surface area (Å²) in [7, 11) is -2.98. The molecule has 2 rings (SSSR count). The second-order valence-electron chi connectivity index (χ2n) is 14.9. The monoisotopic (exact) mass is 745 g/mol. The minimum atomic E-state index is -1.26. The first kappa shape index (κ1) is 43.0. The average Bonchev–Trinajstić information content (AvgIpc) is 2.85. The Labute approximate surface area is 256 Å². The Morgan fingerprint density at radius 2 is 0.500 bits per heavy atom. The first-order chi connectivity index (χ1) is 13.5. The van der Waals surface area contributed by atoms with Crippen LogP contribution in [0.25, 0.3) is 0 Å². The third-order valence-electron chi connectivity index (χ3n) is 8.96. The average molecular weight is 745 g/mol. The number of rotatable bonds is 2. The molecule has 0 nitrogen and oxygen atoms in total. The molecule has 0 aromatic heterocycles. The van der Waals surface area contributed by atoms with Crippen LogP contribution in [0, 0.1) is 115 Å². The molecule has 204 valence electrons. The molecule has 8 atom stereocenters. The molecule has 0 aliphatic heterocycles. The molecule has 0 bridgehead atoms. The predicted molar refractivity (Wildman–Crippen MR) is 169 cm³/mol. The minimum absolute atomic E-state index is 0. The summed E-state index contributed by atoms with van der Waals surface area (Å²) in [6.45, 7) is 47.0. The van der Waals surface area contributed by atoms with Crippen LogP contribution in [0.4, 0.5) is 0 Å². The van der Waals surface area contributed by atoms with Crippen molar-refractivity contribution in [2.75, 3.05) is 0 Å². The summed E-state index contributed by atoms with van der Waals surface area (Å²) in [5.74, 6) is 7.39. The molecule has 0 aromatic rings. The van der Waals surface area contributed by atoms with E-state index in [4.69, 9.17) is 0 Å². The van der Waals surface area contributed by atoms with Gasteiger partial charge in [0.05, 0.1) is 8.07 Å². The van der Waals surface area contributed by atoms with E-state index in [9.17, 15) is 0 Å². The molecule has 0 radical (unpaired) electrons. The molecule has 0 amide bonds. The van der Waals surface area contributed by atoms with E-state index in [1.54, 1.807) is 0 Å². The molecule has 8 unspecified atom stereocenters. The molecule has 2 saturated carbocycles. The maximum atomic E-state index is 3.91. The fraction of sp³-hybridized carbons (Fsp3) is 0.867. The Bertz CT molecular complexity index is 448. The first-order valence-electron chi connectivity index (χ1n) is 13.2. The SMILES string of the molecule is CC1C(C)C(C)C([Si](C)(C)C2C(C)C(C)C(C)C2C)C1C.[CH2-][Si](C)(C)C.[CH2-][Si](C)(C)C.[CH3-].[CH3-].[Th+4]. The van der Waals surface area contributed by atoms with E-state index in [-0.39, 0.29) is 54.8 Å². The van der Waals surface area contributed by atoms with Gasteiger partial charge in [0.15, 0.2) is 0 Å². The smallest absolute Gasteiger partial charge is 0.358 e. The Morgan fingerprint density at radius 1 is 0.382 bits per heavy atom. The third-order valence-corrected chi connectivity index (χ3v) is 14.5. The van der Waals surface area contributed by atoms with Crippen LogP contribution >= 0.6 is 0 Å². The molecular formula is C30H68Si3Th. The summed E-state index contributed by atoms with van der Waals surface area (Å²) in [5, 5.41) is 0. The first-order valence-corrected chi connectivity index (χ1v) is 23.8. The van der Waals surface area contributed by atoms with Crippen molar-refractivity contribution in [3.05, 3.63) is 27.9 Å². The Hall–Kier alpha value is 1.98. The van der Waals surface area contributed by atoms with E-state index in [2.05, 4.69) is 121 Å². The topological polar surface area (TPSA) is 0 Å². The van der Waals surface area contributed by atoms with Crippen molar-refractivity contribution in [3.63, 3.8) is 0 Å². The van der Waals surface area contributed by atoms with Crippen molar-refractivity contribution in [1.82, 2.24) is 0 Å². The van der Waals surface area contributed by atoms with Crippen molar-refractivity contribution in [3.8, 4) is 0 Å². The Morgan fingerprint density at radius 3 is 0.618 bits per heavy atom. The van der Waals surface area contributed by atoms with E-state index in [1.807, 2.05) is 0 Å². The van der Waals surface area contributed by atoms with Gasteiger partial charge in [0.1, 0.15) is 0 Å². The molecule has 0 saturated heterocycles. The predicted octanol–water partition coefficient (Wildman–Crippen LogP) is 10.8. The molecule has 2 aliphatic rings. The zero-order valence-electron chi connectivity index (χ0n) is 27.2. The molecule has 0 heterocycles. The maximum absolute atomic E-state index is 3.91. The second kappa shape index (κ2) is 16.2. The van der Waals surface area contributed by atoms with Gasteiger partial charge in [-0.25, -0.2) is 0 Å². The summed E-state index contributed by atoms with van der Waals surface area (Å²) < 4.78 is 0. The molecule has 0 aromatic carbocycles. The van der Waals surface area contributed by atoms with Crippen LogP contribution in [-0.2, 0) is 0 Å². The summed E-state index contributed by atoms with van der Waals surface area (Å²) in [4.78, 5) is 0. The zero-order chi connectivity index (χ0) is 25.3. The van der Waals surface area contributed by atoms with Crippen molar-refractivity contribution in [2.45, 2.75) is 119 Å². The van der Waals surface area contributed by atoms with Crippen LogP contribution < -0.4 is 0 Å². The van der Waals surface area contributed by atoms with E-state index >= 15 is 0 Å².